The SMILES string of the molecule is CCNC(=NCC1CCSCC1)N(C)Cc1nc2c(s1)CCCC2.I. The lowest BCUT2D eigenvalue weighted by atomic mass is 10.0. The van der Waals surface area contributed by atoms with E-state index in [-0.39, 0.29) is 24.0 Å². The molecule has 0 unspecified atom stereocenters. The maximum Gasteiger partial charge on any atom is 0.194 e. The van der Waals surface area contributed by atoms with Crippen LogP contribution in [0.4, 0.5) is 0 Å². The van der Waals surface area contributed by atoms with E-state index < -0.39 is 0 Å². The van der Waals surface area contributed by atoms with Gasteiger partial charge in [0.15, 0.2) is 5.96 Å². The molecule has 1 aliphatic heterocycles. The van der Waals surface area contributed by atoms with Crippen LogP contribution in [-0.2, 0) is 19.4 Å². The summed E-state index contributed by atoms with van der Waals surface area (Å²) in [6.07, 6.45) is 7.66. The molecular weight excluding hydrogens is 463 g/mol. The van der Waals surface area contributed by atoms with Crippen LogP contribution in [0.25, 0.3) is 0 Å². The molecule has 1 aliphatic carbocycles. The van der Waals surface area contributed by atoms with Crippen LogP contribution in [-0.4, -0.2) is 47.5 Å². The van der Waals surface area contributed by atoms with Crippen LogP contribution in [0.1, 0.15) is 48.2 Å². The molecule has 0 atom stereocenters. The normalized spacial score (nSPS) is 18.4. The number of aromatic nitrogens is 1. The summed E-state index contributed by atoms with van der Waals surface area (Å²) in [4.78, 5) is 13.5. The molecule has 0 aromatic carbocycles. The quantitative estimate of drug-likeness (QED) is 0.379. The number of thiazole rings is 1. The molecule has 1 saturated heterocycles. The Bertz CT molecular complexity index is 532. The number of rotatable bonds is 5. The summed E-state index contributed by atoms with van der Waals surface area (Å²) in [5, 5.41) is 4.69. The van der Waals surface area contributed by atoms with E-state index in [1.807, 2.05) is 11.3 Å². The average Bonchev–Trinajstić information content (AvgIpc) is 3.01. The summed E-state index contributed by atoms with van der Waals surface area (Å²) in [5.74, 6) is 4.40. The number of aliphatic imine (C=N–C) groups is 1. The molecule has 1 aromatic rings. The van der Waals surface area contributed by atoms with Gasteiger partial charge >= 0.3 is 0 Å². The molecule has 7 heteroatoms. The zero-order valence-corrected chi connectivity index (χ0v) is 19.4. The fourth-order valence-electron chi connectivity index (χ4n) is 3.37. The Morgan fingerprint density at radius 2 is 2.04 bits per heavy atom. The molecule has 0 amide bonds. The lowest BCUT2D eigenvalue weighted by Gasteiger charge is -2.23. The first-order chi connectivity index (χ1) is 11.8. The molecule has 1 aromatic heterocycles. The van der Waals surface area contributed by atoms with Gasteiger partial charge in [-0.05, 0) is 62.9 Å². The van der Waals surface area contributed by atoms with Gasteiger partial charge in [0.25, 0.3) is 0 Å². The van der Waals surface area contributed by atoms with Gasteiger partial charge in [0.1, 0.15) is 5.01 Å². The first-order valence-corrected chi connectivity index (χ1v) is 11.3. The summed E-state index contributed by atoms with van der Waals surface area (Å²) < 4.78 is 0. The van der Waals surface area contributed by atoms with Crippen LogP contribution in [0.2, 0.25) is 0 Å². The van der Waals surface area contributed by atoms with Crippen LogP contribution in [0.3, 0.4) is 0 Å². The highest BCUT2D eigenvalue weighted by Gasteiger charge is 2.18. The lowest BCUT2D eigenvalue weighted by molar-refractivity contribution is 0.459. The van der Waals surface area contributed by atoms with E-state index in [9.17, 15) is 0 Å². The van der Waals surface area contributed by atoms with E-state index >= 15 is 0 Å². The number of nitrogens with one attached hydrogen (secondary N) is 1. The first-order valence-electron chi connectivity index (χ1n) is 9.31. The second kappa shape index (κ2) is 11.0. The highest BCUT2D eigenvalue weighted by atomic mass is 127. The minimum atomic E-state index is 0. The number of aryl methyl sites for hydroxylation is 2. The van der Waals surface area contributed by atoms with Crippen molar-refractivity contribution in [3.63, 3.8) is 0 Å². The molecule has 0 bridgehead atoms. The summed E-state index contributed by atoms with van der Waals surface area (Å²) in [5.41, 5.74) is 1.36. The minimum absolute atomic E-state index is 0. The molecule has 0 radical (unpaired) electrons. The van der Waals surface area contributed by atoms with Gasteiger partial charge in [0.05, 0.1) is 12.2 Å². The third-order valence-corrected chi connectivity index (χ3v) is 6.99. The van der Waals surface area contributed by atoms with E-state index in [0.29, 0.717) is 0 Å². The van der Waals surface area contributed by atoms with Gasteiger partial charge in [-0.15, -0.1) is 35.3 Å². The number of fused-ring (bicyclic) bond motifs is 1. The summed E-state index contributed by atoms with van der Waals surface area (Å²) in [6.45, 7) is 4.88. The predicted molar refractivity (Wildman–Crippen MR) is 122 cm³/mol. The fraction of sp³-hybridized carbons (Fsp3) is 0.778. The molecular formula is C18H31IN4S2. The Hall–Kier alpha value is -0.0200. The van der Waals surface area contributed by atoms with Gasteiger partial charge in [-0.3, -0.25) is 4.99 Å². The average molecular weight is 495 g/mol. The van der Waals surface area contributed by atoms with Crippen LogP contribution < -0.4 is 5.32 Å². The number of hydrogen-bond acceptors (Lipinski definition) is 4. The Morgan fingerprint density at radius 1 is 1.28 bits per heavy atom. The number of thioether (sulfide) groups is 1. The van der Waals surface area contributed by atoms with E-state index in [1.54, 1.807) is 0 Å². The standard InChI is InChI=1S/C18H30N4S2.HI/c1-3-19-18(20-12-14-8-10-23-11-9-14)22(2)13-17-21-15-6-4-5-7-16(15)24-17;/h14H,3-13H2,1-2H3,(H,19,20);1H. The molecule has 2 aliphatic rings. The van der Waals surface area contributed by atoms with E-state index in [2.05, 4.69) is 35.9 Å². The molecule has 0 spiro atoms. The number of halogens is 1. The number of nitrogens with zero attached hydrogens (tertiary/aromatic N) is 3. The minimum Gasteiger partial charge on any atom is -0.357 e. The third-order valence-electron chi connectivity index (χ3n) is 4.80. The van der Waals surface area contributed by atoms with Crippen molar-refractivity contribution in [2.24, 2.45) is 10.9 Å². The van der Waals surface area contributed by atoms with E-state index in [4.69, 9.17) is 9.98 Å². The second-order valence-electron chi connectivity index (χ2n) is 6.79. The third kappa shape index (κ3) is 6.27. The van der Waals surface area contributed by atoms with Crippen LogP contribution >= 0.6 is 47.1 Å². The van der Waals surface area contributed by atoms with Crippen LogP contribution in [0, 0.1) is 5.92 Å². The lowest BCUT2D eigenvalue weighted by Crippen LogP contribution is -2.39. The second-order valence-corrected chi connectivity index (χ2v) is 9.18. The summed E-state index contributed by atoms with van der Waals surface area (Å²) in [6, 6.07) is 0. The highest BCUT2D eigenvalue weighted by molar-refractivity contribution is 14.0. The van der Waals surface area contributed by atoms with Crippen molar-refractivity contribution in [3.8, 4) is 0 Å². The van der Waals surface area contributed by atoms with Crippen molar-refractivity contribution in [2.45, 2.75) is 52.0 Å². The van der Waals surface area contributed by atoms with Gasteiger partial charge < -0.3 is 10.2 Å². The monoisotopic (exact) mass is 494 g/mol. The Labute approximate surface area is 177 Å². The van der Waals surface area contributed by atoms with Crippen molar-refractivity contribution < 1.29 is 0 Å². The molecule has 0 saturated carbocycles. The van der Waals surface area contributed by atoms with Crippen LogP contribution in [0.15, 0.2) is 4.99 Å². The smallest absolute Gasteiger partial charge is 0.194 e. The number of hydrogen-bond donors (Lipinski definition) is 1. The zero-order chi connectivity index (χ0) is 16.8. The van der Waals surface area contributed by atoms with Crippen molar-refractivity contribution in [2.75, 3.05) is 31.6 Å². The van der Waals surface area contributed by atoms with E-state index in [0.717, 1.165) is 31.5 Å². The van der Waals surface area contributed by atoms with Crippen molar-refractivity contribution in [1.29, 1.82) is 0 Å². The predicted octanol–water partition coefficient (Wildman–Crippen LogP) is 4.18. The van der Waals surface area contributed by atoms with Gasteiger partial charge in [0, 0.05) is 25.0 Å². The molecule has 1 fully saturated rings. The Morgan fingerprint density at radius 3 is 2.76 bits per heavy atom. The Kier molecular flexibility index (Phi) is 9.34. The van der Waals surface area contributed by atoms with Crippen molar-refractivity contribution in [1.82, 2.24) is 15.2 Å². The van der Waals surface area contributed by atoms with Crippen LogP contribution in [0.5, 0.6) is 0 Å². The van der Waals surface area contributed by atoms with Gasteiger partial charge in [0.2, 0.25) is 0 Å². The Balaban J connectivity index is 0.00000225. The van der Waals surface area contributed by atoms with Crippen molar-refractivity contribution >= 4 is 53.0 Å². The number of guanidine groups is 1. The first kappa shape index (κ1) is 21.3. The summed E-state index contributed by atoms with van der Waals surface area (Å²) in [7, 11) is 2.14. The molecule has 25 heavy (non-hydrogen) atoms. The van der Waals surface area contributed by atoms with Gasteiger partial charge in [-0.1, -0.05) is 0 Å². The highest BCUT2D eigenvalue weighted by Crippen LogP contribution is 2.27. The summed E-state index contributed by atoms with van der Waals surface area (Å²) >= 11 is 3.99. The van der Waals surface area contributed by atoms with E-state index in [1.165, 1.54) is 65.6 Å². The molecule has 1 N–H and O–H groups in total. The molecule has 2 heterocycles. The topological polar surface area (TPSA) is 40.5 Å². The largest absolute Gasteiger partial charge is 0.357 e. The van der Waals surface area contributed by atoms with Gasteiger partial charge in [-0.2, -0.15) is 11.8 Å². The molecule has 3 rings (SSSR count). The molecule has 4 nitrogen and oxygen atoms in total. The van der Waals surface area contributed by atoms with Gasteiger partial charge in [-0.25, -0.2) is 4.98 Å². The zero-order valence-electron chi connectivity index (χ0n) is 15.4. The molecule has 142 valence electrons. The maximum atomic E-state index is 4.91. The fourth-order valence-corrected chi connectivity index (χ4v) is 5.78. The van der Waals surface area contributed by atoms with Crippen molar-refractivity contribution in [3.05, 3.63) is 15.6 Å². The maximum absolute atomic E-state index is 4.91.